The van der Waals surface area contributed by atoms with Crippen LogP contribution in [-0.2, 0) is 19.5 Å². The molecule has 1 aliphatic heterocycles. The van der Waals surface area contributed by atoms with E-state index in [1.54, 1.807) is 11.3 Å². The van der Waals surface area contributed by atoms with Crippen LogP contribution in [0.4, 0.5) is 0 Å². The van der Waals surface area contributed by atoms with Gasteiger partial charge in [-0.05, 0) is 17.9 Å². The Bertz CT molecular complexity index is 646. The van der Waals surface area contributed by atoms with Gasteiger partial charge < -0.3 is 4.98 Å². The van der Waals surface area contributed by atoms with Crippen LogP contribution in [0.3, 0.4) is 0 Å². The maximum absolute atomic E-state index is 12.1. The first-order chi connectivity index (χ1) is 9.63. The highest BCUT2D eigenvalue weighted by molar-refractivity contribution is 7.09. The lowest BCUT2D eigenvalue weighted by Gasteiger charge is -2.27. The van der Waals surface area contributed by atoms with Crippen molar-refractivity contribution in [1.82, 2.24) is 14.9 Å². The zero-order chi connectivity index (χ0) is 14.1. The van der Waals surface area contributed by atoms with Gasteiger partial charge in [0.15, 0.2) is 0 Å². The van der Waals surface area contributed by atoms with Crippen LogP contribution in [0.25, 0.3) is 0 Å². The number of rotatable bonds is 3. The normalized spacial score (nSPS) is 15.6. The molecule has 2 aromatic heterocycles. The fourth-order valence-electron chi connectivity index (χ4n) is 2.54. The molecule has 3 heterocycles. The van der Waals surface area contributed by atoms with Gasteiger partial charge in [-0.2, -0.15) is 0 Å². The molecule has 2 aromatic rings. The third kappa shape index (κ3) is 2.69. The van der Waals surface area contributed by atoms with Gasteiger partial charge in [-0.3, -0.25) is 9.69 Å². The van der Waals surface area contributed by atoms with E-state index < -0.39 is 0 Å². The number of aromatic nitrogens is 2. The molecule has 1 aliphatic rings. The number of nitrogens with one attached hydrogen (secondary N) is 1. The summed E-state index contributed by atoms with van der Waals surface area (Å²) in [6.07, 6.45) is 0.793. The minimum Gasteiger partial charge on any atom is -0.310 e. The zero-order valence-corrected chi connectivity index (χ0v) is 12.7. The highest BCUT2D eigenvalue weighted by Gasteiger charge is 2.21. The highest BCUT2D eigenvalue weighted by atomic mass is 32.1. The first kappa shape index (κ1) is 13.5. The van der Waals surface area contributed by atoms with Crippen molar-refractivity contribution in [3.8, 4) is 0 Å². The summed E-state index contributed by atoms with van der Waals surface area (Å²) in [5.74, 6) is 1.05. The molecule has 0 radical (unpaired) electrons. The van der Waals surface area contributed by atoms with Crippen LogP contribution >= 0.6 is 11.3 Å². The van der Waals surface area contributed by atoms with E-state index in [1.165, 1.54) is 4.88 Å². The maximum Gasteiger partial charge on any atom is 0.254 e. The van der Waals surface area contributed by atoms with E-state index in [1.807, 2.05) is 0 Å². The van der Waals surface area contributed by atoms with Gasteiger partial charge in [0.25, 0.3) is 5.56 Å². The van der Waals surface area contributed by atoms with Crippen molar-refractivity contribution in [2.75, 3.05) is 6.54 Å². The number of H-pyrrole nitrogens is 1. The van der Waals surface area contributed by atoms with Gasteiger partial charge in [-0.25, -0.2) is 4.98 Å². The van der Waals surface area contributed by atoms with Crippen LogP contribution in [0, 0.1) is 0 Å². The van der Waals surface area contributed by atoms with Gasteiger partial charge in [0.05, 0.1) is 5.69 Å². The number of thiophene rings is 1. The molecule has 3 rings (SSSR count). The Morgan fingerprint density at radius 2 is 2.35 bits per heavy atom. The molecule has 106 valence electrons. The van der Waals surface area contributed by atoms with Crippen LogP contribution < -0.4 is 5.56 Å². The Kier molecular flexibility index (Phi) is 3.72. The van der Waals surface area contributed by atoms with Gasteiger partial charge in [0.2, 0.25) is 0 Å². The van der Waals surface area contributed by atoms with E-state index in [2.05, 4.69) is 46.2 Å². The first-order valence-electron chi connectivity index (χ1n) is 7.00. The topological polar surface area (TPSA) is 49.0 Å². The molecular weight excluding hydrogens is 270 g/mol. The van der Waals surface area contributed by atoms with Gasteiger partial charge in [-0.1, -0.05) is 19.9 Å². The van der Waals surface area contributed by atoms with Crippen molar-refractivity contribution in [2.24, 2.45) is 0 Å². The maximum atomic E-state index is 12.1. The van der Waals surface area contributed by atoms with E-state index in [9.17, 15) is 4.79 Å². The molecule has 0 fully saturated rings. The molecule has 0 aromatic carbocycles. The summed E-state index contributed by atoms with van der Waals surface area (Å²) in [6, 6.07) is 4.24. The van der Waals surface area contributed by atoms with Crippen LogP contribution in [0.1, 0.15) is 41.7 Å². The number of fused-ring (bicyclic) bond motifs is 1. The number of nitrogens with zero attached hydrogens (tertiary/aromatic N) is 2. The molecule has 0 saturated carbocycles. The smallest absolute Gasteiger partial charge is 0.254 e. The average molecular weight is 289 g/mol. The summed E-state index contributed by atoms with van der Waals surface area (Å²) >= 11 is 1.78. The molecular formula is C15H19N3OS. The highest BCUT2D eigenvalue weighted by Crippen LogP contribution is 2.19. The first-order valence-corrected chi connectivity index (χ1v) is 7.88. The van der Waals surface area contributed by atoms with E-state index in [4.69, 9.17) is 0 Å². The predicted octanol–water partition coefficient (Wildman–Crippen LogP) is 2.51. The SMILES string of the molecule is CC(C)c1nc2c(c(=O)[nH]1)CCN(Cc1cccs1)C2. The summed E-state index contributed by atoms with van der Waals surface area (Å²) < 4.78 is 0. The Morgan fingerprint density at radius 1 is 1.50 bits per heavy atom. The second kappa shape index (κ2) is 5.50. The van der Waals surface area contributed by atoms with E-state index >= 15 is 0 Å². The van der Waals surface area contributed by atoms with E-state index in [0.717, 1.165) is 43.1 Å². The Hall–Kier alpha value is -1.46. The molecule has 0 unspecified atom stereocenters. The summed E-state index contributed by atoms with van der Waals surface area (Å²) in [6.45, 7) is 6.75. The van der Waals surface area contributed by atoms with Crippen molar-refractivity contribution in [3.63, 3.8) is 0 Å². The second-order valence-corrected chi connectivity index (χ2v) is 6.60. The zero-order valence-electron chi connectivity index (χ0n) is 11.8. The molecule has 5 heteroatoms. The monoisotopic (exact) mass is 289 g/mol. The third-order valence-electron chi connectivity index (χ3n) is 3.68. The van der Waals surface area contributed by atoms with Crippen molar-refractivity contribution < 1.29 is 0 Å². The lowest BCUT2D eigenvalue weighted by atomic mass is 10.1. The minimum atomic E-state index is 0.0504. The van der Waals surface area contributed by atoms with Crippen LogP contribution in [0.5, 0.6) is 0 Å². The average Bonchev–Trinajstić information content (AvgIpc) is 2.91. The number of aromatic amines is 1. The van der Waals surface area contributed by atoms with Crippen molar-refractivity contribution in [3.05, 3.63) is 49.8 Å². The molecule has 0 atom stereocenters. The number of hydrogen-bond donors (Lipinski definition) is 1. The third-order valence-corrected chi connectivity index (χ3v) is 4.54. The Balaban J connectivity index is 1.84. The van der Waals surface area contributed by atoms with Crippen molar-refractivity contribution in [1.29, 1.82) is 0 Å². The molecule has 0 spiro atoms. The molecule has 0 bridgehead atoms. The molecule has 0 amide bonds. The van der Waals surface area contributed by atoms with Gasteiger partial charge >= 0.3 is 0 Å². The molecule has 1 N–H and O–H groups in total. The summed E-state index contributed by atoms with van der Waals surface area (Å²) in [4.78, 5) is 23.4. The molecule has 20 heavy (non-hydrogen) atoms. The van der Waals surface area contributed by atoms with Gasteiger partial charge in [0.1, 0.15) is 5.82 Å². The lowest BCUT2D eigenvalue weighted by molar-refractivity contribution is 0.242. The van der Waals surface area contributed by atoms with E-state index in [0.29, 0.717) is 0 Å². The van der Waals surface area contributed by atoms with Crippen LogP contribution in [0.15, 0.2) is 22.3 Å². The summed E-state index contributed by atoms with van der Waals surface area (Å²) in [5.41, 5.74) is 1.88. The minimum absolute atomic E-state index is 0.0504. The number of hydrogen-bond acceptors (Lipinski definition) is 4. The standard InChI is InChI=1S/C15H19N3OS/c1-10(2)14-16-13-9-18(8-11-4-3-7-20-11)6-5-12(13)15(19)17-14/h3-4,7,10H,5-6,8-9H2,1-2H3,(H,16,17,19). The largest absolute Gasteiger partial charge is 0.310 e. The fourth-order valence-corrected chi connectivity index (χ4v) is 3.29. The quantitative estimate of drug-likeness (QED) is 0.944. The fraction of sp³-hybridized carbons (Fsp3) is 0.467. The Morgan fingerprint density at radius 3 is 3.05 bits per heavy atom. The predicted molar refractivity (Wildman–Crippen MR) is 81.1 cm³/mol. The van der Waals surface area contributed by atoms with Crippen LogP contribution in [0.2, 0.25) is 0 Å². The Labute approximate surface area is 122 Å². The molecule has 4 nitrogen and oxygen atoms in total. The van der Waals surface area contributed by atoms with E-state index in [-0.39, 0.29) is 11.5 Å². The second-order valence-electron chi connectivity index (χ2n) is 5.57. The van der Waals surface area contributed by atoms with Crippen molar-refractivity contribution >= 4 is 11.3 Å². The summed E-state index contributed by atoms with van der Waals surface area (Å²) in [7, 11) is 0. The molecule has 0 saturated heterocycles. The molecule has 0 aliphatic carbocycles. The van der Waals surface area contributed by atoms with Crippen molar-refractivity contribution in [2.45, 2.75) is 39.3 Å². The lowest BCUT2D eigenvalue weighted by Crippen LogP contribution is -2.35. The van der Waals surface area contributed by atoms with Gasteiger partial charge in [-0.15, -0.1) is 11.3 Å². The summed E-state index contributed by atoms with van der Waals surface area (Å²) in [5, 5.41) is 2.10. The van der Waals surface area contributed by atoms with Gasteiger partial charge in [0, 0.05) is 36.0 Å². The van der Waals surface area contributed by atoms with Crippen LogP contribution in [-0.4, -0.2) is 21.4 Å².